The molecule has 0 heterocycles. The van der Waals surface area contributed by atoms with Gasteiger partial charge in [-0.05, 0) is 34.9 Å². The summed E-state index contributed by atoms with van der Waals surface area (Å²) in [4.78, 5) is 38.5. The van der Waals surface area contributed by atoms with E-state index in [0.717, 1.165) is 0 Å². The maximum Gasteiger partial charge on any atom is 0.255 e. The zero-order valence-electron chi connectivity index (χ0n) is 18.5. The molecule has 4 unspecified atom stereocenters. The van der Waals surface area contributed by atoms with E-state index in [2.05, 4.69) is 0 Å². The van der Waals surface area contributed by atoms with E-state index in [4.69, 9.17) is 17.3 Å². The van der Waals surface area contributed by atoms with Gasteiger partial charge in [-0.2, -0.15) is 0 Å². The van der Waals surface area contributed by atoms with Crippen LogP contribution in [0.15, 0.2) is 65.1 Å². The summed E-state index contributed by atoms with van der Waals surface area (Å²) < 4.78 is 0. The topological polar surface area (TPSA) is 178 Å². The Balaban J connectivity index is 1.83. The number of fused-ring (bicyclic) bond motifs is 3. The summed E-state index contributed by atoms with van der Waals surface area (Å²) in [5.41, 5.74) is 1.81. The van der Waals surface area contributed by atoms with Gasteiger partial charge in [-0.25, -0.2) is 0 Å². The number of carbonyl (C=O) groups is 3. The van der Waals surface area contributed by atoms with Gasteiger partial charge < -0.3 is 31.3 Å². The number of rotatable bonds is 2. The minimum Gasteiger partial charge on any atom is -0.511 e. The summed E-state index contributed by atoms with van der Waals surface area (Å²) in [5, 5.41) is 55.4. The van der Waals surface area contributed by atoms with Crippen LogP contribution >= 0.6 is 11.6 Å². The average molecular weight is 510 g/mol. The van der Waals surface area contributed by atoms with Crippen molar-refractivity contribution in [3.05, 3.63) is 86.8 Å². The Labute approximate surface area is 209 Å². The number of hydrogen-bond donors (Lipinski definition) is 6. The molecule has 0 radical (unpaired) electrons. The van der Waals surface area contributed by atoms with Crippen LogP contribution in [0.4, 0.5) is 0 Å². The molecule has 0 aromatic heterocycles. The quantitative estimate of drug-likeness (QED) is 0.333. The predicted octanol–water partition coefficient (Wildman–Crippen LogP) is 2.20. The molecule has 0 spiro atoms. The fraction of sp³-hybridized carbons (Fsp3) is 0.192. The number of hydrogen-bond acceptors (Lipinski definition) is 8. The van der Waals surface area contributed by atoms with Crippen LogP contribution in [0.3, 0.4) is 0 Å². The van der Waals surface area contributed by atoms with Crippen molar-refractivity contribution in [3.8, 4) is 5.75 Å². The van der Waals surface area contributed by atoms with Gasteiger partial charge in [-0.3, -0.25) is 14.4 Å². The van der Waals surface area contributed by atoms with Crippen LogP contribution in [-0.4, -0.2) is 54.7 Å². The molecule has 0 saturated heterocycles. The molecule has 0 saturated carbocycles. The number of primary amides is 1. The Bertz CT molecular complexity index is 1470. The molecule has 4 atom stereocenters. The number of aliphatic hydroxyl groups is 4. The second kappa shape index (κ2) is 8.06. The first-order valence-electron chi connectivity index (χ1n) is 10.9. The van der Waals surface area contributed by atoms with Crippen molar-refractivity contribution < 1.29 is 39.9 Å². The van der Waals surface area contributed by atoms with Crippen LogP contribution in [0.25, 0.3) is 11.6 Å². The van der Waals surface area contributed by atoms with Crippen molar-refractivity contribution >= 4 is 40.7 Å². The Morgan fingerprint density at radius 2 is 1.81 bits per heavy atom. The van der Waals surface area contributed by atoms with Gasteiger partial charge in [0.25, 0.3) is 5.91 Å². The lowest BCUT2D eigenvalue weighted by molar-refractivity contribution is -0.152. The van der Waals surface area contributed by atoms with Gasteiger partial charge in [-0.1, -0.05) is 41.9 Å². The normalized spacial score (nSPS) is 28.6. The third-order valence-corrected chi connectivity index (χ3v) is 7.31. The van der Waals surface area contributed by atoms with E-state index >= 15 is 0 Å². The van der Waals surface area contributed by atoms with Crippen molar-refractivity contribution in [2.45, 2.75) is 18.1 Å². The first kappa shape index (κ1) is 23.8. The zero-order valence-corrected chi connectivity index (χ0v) is 19.2. The van der Waals surface area contributed by atoms with E-state index in [9.17, 15) is 39.9 Å². The van der Waals surface area contributed by atoms with Crippen LogP contribution < -0.4 is 5.73 Å². The van der Waals surface area contributed by atoms with Crippen LogP contribution in [0.5, 0.6) is 5.75 Å². The van der Waals surface area contributed by atoms with Gasteiger partial charge >= 0.3 is 0 Å². The molecule has 5 rings (SSSR count). The molecule has 2 aromatic carbocycles. The third kappa shape index (κ3) is 3.13. The van der Waals surface area contributed by atoms with Crippen LogP contribution in [0.1, 0.15) is 27.9 Å². The van der Waals surface area contributed by atoms with Gasteiger partial charge in [0.15, 0.2) is 11.4 Å². The lowest BCUT2D eigenvalue weighted by Crippen LogP contribution is -2.62. The molecule has 3 aliphatic carbocycles. The SMILES string of the molecule is NC(=O)C1=C(O)CC2C(O)C3C(=C(O)C2(O)C1=O)C(=O)c1c(O)cccc1/C3=C\c1cccc(Cl)c1. The molecular formula is C26H20ClNO8. The van der Waals surface area contributed by atoms with Crippen LogP contribution in [-0.2, 0) is 9.59 Å². The number of nitrogens with two attached hydrogens (primary N) is 1. The molecular weight excluding hydrogens is 490 g/mol. The first-order chi connectivity index (χ1) is 17.0. The number of ketones is 2. The summed E-state index contributed by atoms with van der Waals surface area (Å²) in [7, 11) is 0. The molecule has 184 valence electrons. The fourth-order valence-electron chi connectivity index (χ4n) is 5.46. The second-order valence-electron chi connectivity index (χ2n) is 9.01. The van der Waals surface area contributed by atoms with Crippen molar-refractivity contribution in [3.63, 3.8) is 0 Å². The highest BCUT2D eigenvalue weighted by atomic mass is 35.5. The number of phenolic OH excluding ortho intramolecular Hbond substituents is 1. The van der Waals surface area contributed by atoms with E-state index in [1.165, 1.54) is 12.1 Å². The highest BCUT2D eigenvalue weighted by molar-refractivity contribution is 6.30. The standard InChI is InChI=1S/C26H20ClNO8/c27-11-4-1-3-10(7-11)8-13-12-5-2-6-15(29)17(12)22(32)20-18(13)21(31)14-9-16(30)19(25(28)35)23(33)26(14,36)24(20)34/h1-8,14,18,21,29-31,34,36H,9H2,(H2,28,35)/b13-8+. The summed E-state index contributed by atoms with van der Waals surface area (Å²) in [5.74, 6) is -8.68. The number of benzene rings is 2. The number of halogens is 1. The minimum absolute atomic E-state index is 0.199. The van der Waals surface area contributed by atoms with Crippen LogP contribution in [0.2, 0.25) is 5.02 Å². The van der Waals surface area contributed by atoms with Crippen molar-refractivity contribution in [1.29, 1.82) is 0 Å². The monoisotopic (exact) mass is 509 g/mol. The Hall–Kier alpha value is -3.92. The zero-order chi connectivity index (χ0) is 26.1. The van der Waals surface area contributed by atoms with Gasteiger partial charge in [0.1, 0.15) is 22.8 Å². The van der Waals surface area contributed by atoms with Gasteiger partial charge in [0.05, 0.1) is 17.2 Å². The Kier molecular flexibility index (Phi) is 5.33. The summed E-state index contributed by atoms with van der Waals surface area (Å²) in [6.45, 7) is 0. The molecule has 0 aliphatic heterocycles. The lowest BCUT2D eigenvalue weighted by atomic mass is 9.57. The maximum absolute atomic E-state index is 13.6. The fourth-order valence-corrected chi connectivity index (χ4v) is 5.66. The molecule has 9 nitrogen and oxygen atoms in total. The molecule has 0 fully saturated rings. The molecule has 1 amide bonds. The van der Waals surface area contributed by atoms with E-state index < -0.39 is 75.8 Å². The molecule has 0 bridgehead atoms. The van der Waals surface area contributed by atoms with E-state index in [1.807, 2.05) is 0 Å². The summed E-state index contributed by atoms with van der Waals surface area (Å²) in [6, 6.07) is 11.0. The van der Waals surface area contributed by atoms with Crippen molar-refractivity contribution in [2.75, 3.05) is 0 Å². The van der Waals surface area contributed by atoms with E-state index in [1.54, 1.807) is 36.4 Å². The van der Waals surface area contributed by atoms with Crippen molar-refractivity contribution in [1.82, 2.24) is 0 Å². The molecule has 3 aliphatic rings. The van der Waals surface area contributed by atoms with Crippen molar-refractivity contribution in [2.24, 2.45) is 17.6 Å². The number of carbonyl (C=O) groups excluding carboxylic acids is 3. The van der Waals surface area contributed by atoms with Gasteiger partial charge in [-0.15, -0.1) is 0 Å². The Morgan fingerprint density at radius 3 is 2.47 bits per heavy atom. The largest absolute Gasteiger partial charge is 0.511 e. The molecule has 10 heteroatoms. The first-order valence-corrected chi connectivity index (χ1v) is 11.3. The lowest BCUT2D eigenvalue weighted by Gasteiger charge is -2.49. The van der Waals surface area contributed by atoms with Crippen LogP contribution in [0, 0.1) is 11.8 Å². The molecule has 7 N–H and O–H groups in total. The maximum atomic E-state index is 13.6. The highest BCUT2D eigenvalue weighted by Gasteiger charge is 2.63. The highest BCUT2D eigenvalue weighted by Crippen LogP contribution is 2.55. The average Bonchev–Trinajstić information content (AvgIpc) is 2.81. The second-order valence-corrected chi connectivity index (χ2v) is 9.44. The Morgan fingerprint density at radius 1 is 1.11 bits per heavy atom. The third-order valence-electron chi connectivity index (χ3n) is 7.07. The molecule has 36 heavy (non-hydrogen) atoms. The predicted molar refractivity (Wildman–Crippen MR) is 128 cm³/mol. The summed E-state index contributed by atoms with van der Waals surface area (Å²) >= 11 is 6.12. The smallest absolute Gasteiger partial charge is 0.255 e. The number of aromatic hydroxyl groups is 1. The summed E-state index contributed by atoms with van der Waals surface area (Å²) in [6.07, 6.45) is -0.635. The molecule has 2 aromatic rings. The number of Topliss-reactive ketones (excluding diaryl/α,β-unsaturated/α-hetero) is 2. The van der Waals surface area contributed by atoms with E-state index in [-0.39, 0.29) is 11.1 Å². The minimum atomic E-state index is -2.90. The number of amides is 1. The number of aliphatic hydroxyl groups excluding tert-OH is 3. The number of allylic oxidation sites excluding steroid dienone is 1. The number of phenols is 1. The van der Waals surface area contributed by atoms with Gasteiger partial charge in [0.2, 0.25) is 5.78 Å². The van der Waals surface area contributed by atoms with Gasteiger partial charge in [0, 0.05) is 23.3 Å². The van der Waals surface area contributed by atoms with E-state index in [0.29, 0.717) is 16.2 Å².